The Hall–Kier alpha value is -1.30. The second-order valence-electron chi connectivity index (χ2n) is 3.73. The molecule has 0 unspecified atom stereocenters. The molecule has 0 fully saturated rings. The van der Waals surface area contributed by atoms with E-state index in [2.05, 4.69) is 39.1 Å². The average molecular weight is 251 g/mol. The molecule has 0 radical (unpaired) electrons. The van der Waals surface area contributed by atoms with E-state index < -0.39 is 0 Å². The molecule has 0 amide bonds. The normalized spacial score (nSPS) is 10.9. The number of imidazole rings is 1. The van der Waals surface area contributed by atoms with E-state index in [1.807, 2.05) is 0 Å². The van der Waals surface area contributed by atoms with Gasteiger partial charge in [-0.2, -0.15) is 4.98 Å². The molecule has 2 rings (SSSR count). The molecule has 0 spiro atoms. The molecule has 6 heteroatoms. The van der Waals surface area contributed by atoms with Crippen molar-refractivity contribution in [3.8, 4) is 0 Å². The van der Waals surface area contributed by atoms with E-state index in [4.69, 9.17) is 0 Å². The van der Waals surface area contributed by atoms with Crippen LogP contribution in [0.5, 0.6) is 0 Å². The van der Waals surface area contributed by atoms with Crippen molar-refractivity contribution in [3.63, 3.8) is 0 Å². The van der Waals surface area contributed by atoms with Gasteiger partial charge in [-0.25, -0.2) is 9.97 Å². The van der Waals surface area contributed by atoms with Crippen LogP contribution < -0.4 is 5.32 Å². The van der Waals surface area contributed by atoms with Gasteiger partial charge in [0.05, 0.1) is 6.33 Å². The monoisotopic (exact) mass is 251 g/mol. The summed E-state index contributed by atoms with van der Waals surface area (Å²) in [5, 5.41) is 4.18. The van der Waals surface area contributed by atoms with Gasteiger partial charge >= 0.3 is 0 Å². The summed E-state index contributed by atoms with van der Waals surface area (Å²) < 4.78 is 0. The third kappa shape index (κ3) is 2.88. The standard InChI is InChI=1S/C11H17N5S/c1-3-5-12-11-15-9-8(13-7-14-9)10(16-11)17-6-4-2/h7H,3-6H2,1-2H3,(H2,12,13,14,15,16). The summed E-state index contributed by atoms with van der Waals surface area (Å²) in [7, 11) is 0. The Kier molecular flexibility index (Phi) is 4.19. The summed E-state index contributed by atoms with van der Waals surface area (Å²) in [5.41, 5.74) is 1.67. The molecule has 0 saturated heterocycles. The van der Waals surface area contributed by atoms with Crippen LogP contribution in [0.3, 0.4) is 0 Å². The average Bonchev–Trinajstić information content (AvgIpc) is 2.81. The molecule has 2 aromatic rings. The lowest BCUT2D eigenvalue weighted by Crippen LogP contribution is -2.05. The summed E-state index contributed by atoms with van der Waals surface area (Å²) in [6.07, 6.45) is 3.85. The van der Waals surface area contributed by atoms with Crippen LogP contribution in [0.4, 0.5) is 5.95 Å². The molecule has 0 saturated carbocycles. The molecule has 2 aromatic heterocycles. The van der Waals surface area contributed by atoms with Gasteiger partial charge in [-0.05, 0) is 18.6 Å². The lowest BCUT2D eigenvalue weighted by atomic mass is 10.5. The van der Waals surface area contributed by atoms with Crippen molar-refractivity contribution < 1.29 is 0 Å². The number of thioether (sulfide) groups is 1. The number of H-pyrrole nitrogens is 1. The highest BCUT2D eigenvalue weighted by atomic mass is 32.2. The summed E-state index contributed by atoms with van der Waals surface area (Å²) in [4.78, 5) is 16.2. The zero-order chi connectivity index (χ0) is 12.1. The molecule has 0 aliphatic carbocycles. The molecule has 0 bridgehead atoms. The lowest BCUT2D eigenvalue weighted by molar-refractivity contribution is 0.943. The Labute approximate surface area is 105 Å². The molecule has 0 atom stereocenters. The molecule has 2 heterocycles. The van der Waals surface area contributed by atoms with Gasteiger partial charge in [0.1, 0.15) is 10.5 Å². The van der Waals surface area contributed by atoms with Crippen LogP contribution in [0, 0.1) is 0 Å². The fourth-order valence-corrected chi connectivity index (χ4v) is 2.27. The molecular weight excluding hydrogens is 234 g/mol. The second-order valence-corrected chi connectivity index (χ2v) is 4.81. The topological polar surface area (TPSA) is 66.5 Å². The molecule has 5 nitrogen and oxygen atoms in total. The van der Waals surface area contributed by atoms with Crippen molar-refractivity contribution in [2.75, 3.05) is 17.6 Å². The largest absolute Gasteiger partial charge is 0.354 e. The molecule has 0 aliphatic rings. The molecule has 0 aromatic carbocycles. The zero-order valence-electron chi connectivity index (χ0n) is 10.2. The van der Waals surface area contributed by atoms with E-state index in [1.165, 1.54) is 0 Å². The van der Waals surface area contributed by atoms with Crippen molar-refractivity contribution >= 4 is 28.9 Å². The maximum Gasteiger partial charge on any atom is 0.225 e. The van der Waals surface area contributed by atoms with Gasteiger partial charge in [-0.1, -0.05) is 13.8 Å². The fourth-order valence-electron chi connectivity index (χ4n) is 1.43. The van der Waals surface area contributed by atoms with Crippen LogP contribution in [0.25, 0.3) is 11.2 Å². The molecule has 17 heavy (non-hydrogen) atoms. The fraction of sp³-hybridized carbons (Fsp3) is 0.545. The number of hydrogen-bond acceptors (Lipinski definition) is 5. The minimum atomic E-state index is 0.671. The third-order valence-electron chi connectivity index (χ3n) is 2.23. The predicted octanol–water partition coefficient (Wildman–Crippen LogP) is 2.68. The van der Waals surface area contributed by atoms with E-state index in [-0.39, 0.29) is 0 Å². The van der Waals surface area contributed by atoms with Gasteiger partial charge in [0.25, 0.3) is 0 Å². The van der Waals surface area contributed by atoms with E-state index in [0.29, 0.717) is 5.95 Å². The number of fused-ring (bicyclic) bond motifs is 1. The lowest BCUT2D eigenvalue weighted by Gasteiger charge is -2.05. The Balaban J connectivity index is 2.29. The number of aromatic amines is 1. The SMILES string of the molecule is CCCNc1nc(SCCC)c2[nH]cnc2n1. The first-order valence-electron chi connectivity index (χ1n) is 5.93. The quantitative estimate of drug-likeness (QED) is 0.610. The third-order valence-corrected chi connectivity index (χ3v) is 3.41. The van der Waals surface area contributed by atoms with Crippen LogP contribution in [0.2, 0.25) is 0 Å². The first-order chi connectivity index (χ1) is 8.35. The summed E-state index contributed by atoms with van der Waals surface area (Å²) in [6.45, 7) is 5.16. The van der Waals surface area contributed by atoms with Crippen LogP contribution in [-0.4, -0.2) is 32.2 Å². The molecule has 0 aliphatic heterocycles. The van der Waals surface area contributed by atoms with Crippen LogP contribution in [-0.2, 0) is 0 Å². The van der Waals surface area contributed by atoms with Gasteiger partial charge in [-0.15, -0.1) is 11.8 Å². The van der Waals surface area contributed by atoms with Gasteiger partial charge < -0.3 is 10.3 Å². The Morgan fingerprint density at radius 2 is 2.18 bits per heavy atom. The second kappa shape index (κ2) is 5.86. The summed E-state index contributed by atoms with van der Waals surface area (Å²) in [6, 6.07) is 0. The van der Waals surface area contributed by atoms with E-state index in [0.717, 1.165) is 41.3 Å². The molecular formula is C11H17N5S. The summed E-state index contributed by atoms with van der Waals surface area (Å²) >= 11 is 1.74. The number of nitrogens with zero attached hydrogens (tertiary/aromatic N) is 3. The van der Waals surface area contributed by atoms with Gasteiger partial charge in [0.15, 0.2) is 5.65 Å². The van der Waals surface area contributed by atoms with Crippen LogP contribution in [0.15, 0.2) is 11.4 Å². The Morgan fingerprint density at radius 3 is 2.94 bits per heavy atom. The van der Waals surface area contributed by atoms with Gasteiger partial charge in [-0.3, -0.25) is 0 Å². The van der Waals surface area contributed by atoms with Crippen LogP contribution in [0.1, 0.15) is 26.7 Å². The molecule has 2 N–H and O–H groups in total. The minimum absolute atomic E-state index is 0.671. The maximum atomic E-state index is 4.52. The van der Waals surface area contributed by atoms with Crippen LogP contribution >= 0.6 is 11.8 Å². The van der Waals surface area contributed by atoms with E-state index in [1.54, 1.807) is 18.1 Å². The highest BCUT2D eigenvalue weighted by Gasteiger charge is 2.09. The van der Waals surface area contributed by atoms with Gasteiger partial charge in [0.2, 0.25) is 5.95 Å². The summed E-state index contributed by atoms with van der Waals surface area (Å²) in [5.74, 6) is 1.73. The van der Waals surface area contributed by atoms with Crippen molar-refractivity contribution in [1.29, 1.82) is 0 Å². The predicted molar refractivity (Wildman–Crippen MR) is 71.5 cm³/mol. The van der Waals surface area contributed by atoms with Crippen molar-refractivity contribution in [3.05, 3.63) is 6.33 Å². The van der Waals surface area contributed by atoms with Gasteiger partial charge in [0, 0.05) is 6.54 Å². The Bertz CT molecular complexity index is 482. The number of nitrogens with one attached hydrogen (secondary N) is 2. The minimum Gasteiger partial charge on any atom is -0.354 e. The first kappa shape index (κ1) is 12.2. The number of aromatic nitrogens is 4. The van der Waals surface area contributed by atoms with Crippen molar-refractivity contribution in [2.45, 2.75) is 31.7 Å². The smallest absolute Gasteiger partial charge is 0.225 e. The van der Waals surface area contributed by atoms with Crippen molar-refractivity contribution in [2.24, 2.45) is 0 Å². The number of anilines is 1. The number of hydrogen-bond donors (Lipinski definition) is 2. The highest BCUT2D eigenvalue weighted by Crippen LogP contribution is 2.24. The first-order valence-corrected chi connectivity index (χ1v) is 6.91. The highest BCUT2D eigenvalue weighted by molar-refractivity contribution is 7.99. The Morgan fingerprint density at radius 1 is 1.29 bits per heavy atom. The maximum absolute atomic E-state index is 4.52. The van der Waals surface area contributed by atoms with Crippen molar-refractivity contribution in [1.82, 2.24) is 19.9 Å². The number of rotatable bonds is 6. The van der Waals surface area contributed by atoms with E-state index in [9.17, 15) is 0 Å². The molecule has 92 valence electrons. The zero-order valence-corrected chi connectivity index (χ0v) is 11.0. The van der Waals surface area contributed by atoms with E-state index >= 15 is 0 Å².